The Morgan fingerprint density at radius 2 is 2.35 bits per heavy atom. The first-order chi connectivity index (χ1) is 9.74. The van der Waals surface area contributed by atoms with Gasteiger partial charge in [-0.25, -0.2) is 4.79 Å². The van der Waals surface area contributed by atoms with E-state index in [1.54, 1.807) is 16.7 Å². The quantitative estimate of drug-likeness (QED) is 0.895. The second-order valence-corrected chi connectivity index (χ2v) is 5.59. The Kier molecular flexibility index (Phi) is 3.59. The highest BCUT2D eigenvalue weighted by molar-refractivity contribution is 7.13. The number of urea groups is 1. The molecule has 1 saturated heterocycles. The number of carbonyl (C=O) groups excluding carboxylic acids is 1. The van der Waals surface area contributed by atoms with E-state index in [1.807, 2.05) is 11.6 Å². The molecule has 3 rings (SSSR count). The zero-order chi connectivity index (χ0) is 13.9. The normalized spacial score (nSPS) is 19.1. The molecule has 0 radical (unpaired) electrons. The van der Waals surface area contributed by atoms with Crippen molar-refractivity contribution in [2.24, 2.45) is 7.05 Å². The molecule has 0 bridgehead atoms. The molecule has 1 fully saturated rings. The first-order valence-corrected chi connectivity index (χ1v) is 7.28. The molecule has 1 aliphatic rings. The third kappa shape index (κ3) is 2.62. The molecule has 3 heterocycles. The molecular weight excluding hydrogens is 278 g/mol. The van der Waals surface area contributed by atoms with Gasteiger partial charge in [-0.3, -0.25) is 5.32 Å². The lowest BCUT2D eigenvalue weighted by Gasteiger charge is -2.31. The number of nitrogens with one attached hydrogen (secondary N) is 1. The Morgan fingerprint density at radius 3 is 3.05 bits per heavy atom. The molecule has 20 heavy (non-hydrogen) atoms. The Balaban J connectivity index is 1.66. The van der Waals surface area contributed by atoms with Crippen LogP contribution in [0.15, 0.2) is 11.8 Å². The van der Waals surface area contributed by atoms with Crippen LogP contribution in [0.4, 0.5) is 9.93 Å². The van der Waals surface area contributed by atoms with Gasteiger partial charge in [0, 0.05) is 26.1 Å². The molecule has 0 aromatic carbocycles. The molecule has 1 unspecified atom stereocenters. The van der Waals surface area contributed by atoms with E-state index in [2.05, 4.69) is 25.7 Å². The minimum absolute atomic E-state index is 0.131. The molecule has 1 atom stereocenters. The summed E-state index contributed by atoms with van der Waals surface area (Å²) in [6.45, 7) is 1.40. The third-order valence-electron chi connectivity index (χ3n) is 3.39. The highest BCUT2D eigenvalue weighted by atomic mass is 32.1. The monoisotopic (exact) mass is 293 g/mol. The molecule has 2 amide bonds. The molecule has 0 saturated carbocycles. The van der Waals surface area contributed by atoms with Gasteiger partial charge in [-0.05, 0) is 12.8 Å². The molecular formula is C11H15N7OS. The fourth-order valence-electron chi connectivity index (χ4n) is 2.43. The van der Waals surface area contributed by atoms with Gasteiger partial charge in [0.1, 0.15) is 17.7 Å². The average Bonchev–Trinajstić information content (AvgIpc) is 3.10. The van der Waals surface area contributed by atoms with Crippen LogP contribution in [0.1, 0.15) is 24.6 Å². The summed E-state index contributed by atoms with van der Waals surface area (Å²) in [5.41, 5.74) is 1.59. The van der Waals surface area contributed by atoms with Crippen molar-refractivity contribution in [1.82, 2.24) is 29.9 Å². The second-order valence-electron chi connectivity index (χ2n) is 4.76. The first-order valence-electron chi connectivity index (χ1n) is 6.40. The number of piperidine rings is 1. The molecule has 2 aromatic heterocycles. The summed E-state index contributed by atoms with van der Waals surface area (Å²) >= 11 is 1.31. The van der Waals surface area contributed by atoms with Gasteiger partial charge in [0.05, 0.1) is 0 Å². The highest BCUT2D eigenvalue weighted by Crippen LogP contribution is 2.25. The van der Waals surface area contributed by atoms with Crippen molar-refractivity contribution in [2.75, 3.05) is 18.4 Å². The zero-order valence-electron chi connectivity index (χ0n) is 11.1. The van der Waals surface area contributed by atoms with Crippen molar-refractivity contribution in [3.05, 3.63) is 17.7 Å². The van der Waals surface area contributed by atoms with E-state index in [4.69, 9.17) is 0 Å². The largest absolute Gasteiger partial charge is 0.324 e. The van der Waals surface area contributed by atoms with E-state index in [1.165, 1.54) is 11.3 Å². The van der Waals surface area contributed by atoms with Gasteiger partial charge >= 0.3 is 6.03 Å². The fourth-order valence-corrected chi connectivity index (χ4v) is 2.87. The molecule has 9 heteroatoms. The van der Waals surface area contributed by atoms with Crippen molar-refractivity contribution < 1.29 is 4.79 Å². The van der Waals surface area contributed by atoms with Crippen LogP contribution in [0.5, 0.6) is 0 Å². The molecule has 1 aliphatic heterocycles. The number of anilines is 1. The number of hydrogen-bond donors (Lipinski definition) is 1. The number of hydrogen-bond acceptors (Lipinski definition) is 6. The highest BCUT2D eigenvalue weighted by Gasteiger charge is 2.27. The van der Waals surface area contributed by atoms with Crippen molar-refractivity contribution in [3.63, 3.8) is 0 Å². The first kappa shape index (κ1) is 13.0. The predicted molar refractivity (Wildman–Crippen MR) is 73.5 cm³/mol. The van der Waals surface area contributed by atoms with Gasteiger partial charge in [0.15, 0.2) is 0 Å². The molecule has 0 spiro atoms. The maximum absolute atomic E-state index is 12.2. The van der Waals surface area contributed by atoms with Crippen LogP contribution in [-0.2, 0) is 7.05 Å². The topological polar surface area (TPSA) is 88.8 Å². The van der Waals surface area contributed by atoms with Crippen LogP contribution in [0, 0.1) is 0 Å². The lowest BCUT2D eigenvalue weighted by Crippen LogP contribution is -2.42. The van der Waals surface area contributed by atoms with Gasteiger partial charge in [-0.15, -0.1) is 20.4 Å². The number of aryl methyl sites for hydroxylation is 1. The molecule has 8 nitrogen and oxygen atoms in total. The van der Waals surface area contributed by atoms with E-state index < -0.39 is 0 Å². The summed E-state index contributed by atoms with van der Waals surface area (Å²) in [6, 6.07) is -0.131. The van der Waals surface area contributed by atoms with Crippen LogP contribution < -0.4 is 5.32 Å². The molecule has 0 aliphatic carbocycles. The van der Waals surface area contributed by atoms with Crippen molar-refractivity contribution in [1.29, 1.82) is 0 Å². The van der Waals surface area contributed by atoms with Crippen LogP contribution in [-0.4, -0.2) is 49.0 Å². The lowest BCUT2D eigenvalue weighted by atomic mass is 9.97. The van der Waals surface area contributed by atoms with Crippen LogP contribution in [0.25, 0.3) is 0 Å². The Hall–Kier alpha value is -2.03. The summed E-state index contributed by atoms with van der Waals surface area (Å²) in [6.07, 6.45) is 3.67. The van der Waals surface area contributed by atoms with Crippen molar-refractivity contribution >= 4 is 22.5 Å². The van der Waals surface area contributed by atoms with E-state index >= 15 is 0 Å². The van der Waals surface area contributed by atoms with Crippen molar-refractivity contribution in [2.45, 2.75) is 18.8 Å². The smallest absolute Gasteiger partial charge is 0.323 e. The zero-order valence-corrected chi connectivity index (χ0v) is 11.9. The summed E-state index contributed by atoms with van der Waals surface area (Å²) < 4.78 is 1.91. The summed E-state index contributed by atoms with van der Waals surface area (Å²) in [5.74, 6) is 1.16. The second kappa shape index (κ2) is 5.53. The van der Waals surface area contributed by atoms with E-state index in [0.717, 1.165) is 25.2 Å². The maximum atomic E-state index is 12.2. The van der Waals surface area contributed by atoms with Gasteiger partial charge in [0.25, 0.3) is 0 Å². The standard InChI is InChI=1S/C11H15N7OS/c1-17-6-12-15-9(17)8-3-2-4-18(5-8)11(19)14-10-16-13-7-20-10/h6-8H,2-5H2,1H3,(H,14,16,19). The van der Waals surface area contributed by atoms with Gasteiger partial charge in [-0.1, -0.05) is 11.3 Å². The molecule has 2 aromatic rings. The maximum Gasteiger partial charge on any atom is 0.323 e. The molecule has 106 valence electrons. The summed E-state index contributed by atoms with van der Waals surface area (Å²) in [4.78, 5) is 14.0. The van der Waals surface area contributed by atoms with Crippen LogP contribution in [0.2, 0.25) is 0 Å². The minimum Gasteiger partial charge on any atom is -0.324 e. The van der Waals surface area contributed by atoms with Gasteiger partial charge < -0.3 is 9.47 Å². The number of likely N-dealkylation sites (tertiary alicyclic amines) is 1. The van der Waals surface area contributed by atoms with Crippen LogP contribution >= 0.6 is 11.3 Å². The van der Waals surface area contributed by atoms with Crippen LogP contribution in [0.3, 0.4) is 0 Å². The lowest BCUT2D eigenvalue weighted by molar-refractivity contribution is 0.190. The minimum atomic E-state index is -0.131. The number of rotatable bonds is 2. The van der Waals surface area contributed by atoms with Crippen molar-refractivity contribution in [3.8, 4) is 0 Å². The van der Waals surface area contributed by atoms with Gasteiger partial charge in [-0.2, -0.15) is 0 Å². The Bertz CT molecular complexity index is 581. The number of nitrogens with zero attached hydrogens (tertiary/aromatic N) is 6. The third-order valence-corrected chi connectivity index (χ3v) is 4.00. The predicted octanol–water partition coefficient (Wildman–Crippen LogP) is 1.08. The van der Waals surface area contributed by atoms with Gasteiger partial charge in [0.2, 0.25) is 5.13 Å². The van der Waals surface area contributed by atoms with E-state index in [0.29, 0.717) is 11.7 Å². The molecule has 1 N–H and O–H groups in total. The summed E-state index contributed by atoms with van der Waals surface area (Å²) in [5, 5.41) is 18.9. The number of carbonyl (C=O) groups is 1. The Labute approximate surface area is 119 Å². The average molecular weight is 293 g/mol. The van der Waals surface area contributed by atoms with E-state index in [9.17, 15) is 4.79 Å². The number of aromatic nitrogens is 5. The summed E-state index contributed by atoms with van der Waals surface area (Å²) in [7, 11) is 1.93. The van der Waals surface area contributed by atoms with E-state index in [-0.39, 0.29) is 11.9 Å². The Morgan fingerprint density at radius 1 is 1.45 bits per heavy atom. The number of amides is 2. The fraction of sp³-hybridized carbons (Fsp3) is 0.545. The SMILES string of the molecule is Cn1cnnc1C1CCCN(C(=O)Nc2nncs2)C1.